The van der Waals surface area contributed by atoms with Crippen molar-refractivity contribution in [2.45, 2.75) is 0 Å². The summed E-state index contributed by atoms with van der Waals surface area (Å²) < 4.78 is 0. The molecule has 0 bridgehead atoms. The van der Waals surface area contributed by atoms with Crippen LogP contribution in [0.25, 0.3) is 28.2 Å². The molecule has 2 aromatic carbocycles. The fourth-order valence-corrected chi connectivity index (χ4v) is 3.17. The van der Waals surface area contributed by atoms with Crippen molar-refractivity contribution in [3.8, 4) is 11.3 Å². The van der Waals surface area contributed by atoms with Gasteiger partial charge in [-0.3, -0.25) is 19.9 Å². The van der Waals surface area contributed by atoms with Crippen molar-refractivity contribution < 1.29 is 9.72 Å². The minimum atomic E-state index is -0.451. The zero-order chi connectivity index (χ0) is 22.3. The van der Waals surface area contributed by atoms with Gasteiger partial charge in [0.15, 0.2) is 0 Å². The number of hydrogen-bond acceptors (Lipinski definition) is 6. The number of nitrogens with zero attached hydrogens (tertiary/aromatic N) is 4. The Morgan fingerprint density at radius 1 is 1.06 bits per heavy atom. The average Bonchev–Trinajstić information content (AvgIpc) is 2.83. The molecule has 0 aliphatic heterocycles. The molecule has 156 valence electrons. The predicted octanol–water partition coefficient (Wildman–Crippen LogP) is 4.63. The van der Waals surface area contributed by atoms with Gasteiger partial charge in [-0.1, -0.05) is 30.3 Å². The van der Waals surface area contributed by atoms with Crippen LogP contribution in [0.1, 0.15) is 15.9 Å². The van der Waals surface area contributed by atoms with E-state index in [2.05, 4.69) is 20.5 Å². The van der Waals surface area contributed by atoms with Crippen LogP contribution in [0.4, 0.5) is 5.69 Å². The number of hydrogen-bond donors (Lipinski definition) is 1. The summed E-state index contributed by atoms with van der Waals surface area (Å²) >= 11 is 0. The number of aromatic nitrogens is 2. The summed E-state index contributed by atoms with van der Waals surface area (Å²) in [6.07, 6.45) is 7.79. The highest BCUT2D eigenvalue weighted by Gasteiger charge is 2.13. The van der Waals surface area contributed by atoms with Gasteiger partial charge in [0.1, 0.15) is 0 Å². The van der Waals surface area contributed by atoms with Crippen LogP contribution in [0.5, 0.6) is 0 Å². The van der Waals surface area contributed by atoms with Crippen molar-refractivity contribution >= 4 is 34.8 Å². The van der Waals surface area contributed by atoms with Gasteiger partial charge >= 0.3 is 0 Å². The molecular formula is C24H17N5O3. The fourth-order valence-electron chi connectivity index (χ4n) is 3.17. The van der Waals surface area contributed by atoms with E-state index in [9.17, 15) is 14.9 Å². The van der Waals surface area contributed by atoms with Crippen LogP contribution in [-0.4, -0.2) is 27.0 Å². The van der Waals surface area contributed by atoms with Gasteiger partial charge in [-0.2, -0.15) is 5.10 Å². The van der Waals surface area contributed by atoms with Gasteiger partial charge in [-0.15, -0.1) is 0 Å². The Kier molecular flexibility index (Phi) is 6.03. The first-order valence-electron chi connectivity index (χ1n) is 9.67. The van der Waals surface area contributed by atoms with E-state index >= 15 is 0 Å². The minimum Gasteiger partial charge on any atom is -0.267 e. The summed E-state index contributed by atoms with van der Waals surface area (Å²) in [5, 5.41) is 15.7. The Labute approximate surface area is 183 Å². The molecule has 4 rings (SSSR count). The summed E-state index contributed by atoms with van der Waals surface area (Å²) in [5.41, 5.74) is 5.46. The number of nitro groups is 1. The van der Waals surface area contributed by atoms with E-state index in [1.807, 2.05) is 30.3 Å². The lowest BCUT2D eigenvalue weighted by molar-refractivity contribution is -0.385. The molecule has 4 aromatic rings. The van der Waals surface area contributed by atoms with Crippen molar-refractivity contribution in [2.24, 2.45) is 5.10 Å². The molecule has 0 spiro atoms. The van der Waals surface area contributed by atoms with Crippen LogP contribution < -0.4 is 5.43 Å². The summed E-state index contributed by atoms with van der Waals surface area (Å²) in [6, 6.07) is 19.1. The number of carbonyl (C=O) groups excluding carboxylic acids is 1. The Morgan fingerprint density at radius 2 is 1.88 bits per heavy atom. The zero-order valence-electron chi connectivity index (χ0n) is 16.8. The topological polar surface area (TPSA) is 110 Å². The average molecular weight is 423 g/mol. The van der Waals surface area contributed by atoms with Crippen molar-refractivity contribution in [1.29, 1.82) is 0 Å². The normalized spacial score (nSPS) is 11.2. The SMILES string of the molecule is O=C(NN=CC=Cc1ccccc1[N+](=O)[O-])c1cc(-c2cccnc2)nc2ccccc12. The monoisotopic (exact) mass is 423 g/mol. The Morgan fingerprint density at radius 3 is 2.69 bits per heavy atom. The molecule has 0 saturated heterocycles. The van der Waals surface area contributed by atoms with E-state index < -0.39 is 10.8 Å². The largest absolute Gasteiger partial charge is 0.276 e. The molecule has 0 saturated carbocycles. The molecule has 1 N–H and O–H groups in total. The number of pyridine rings is 2. The number of para-hydroxylation sites is 2. The van der Waals surface area contributed by atoms with E-state index in [1.54, 1.807) is 48.8 Å². The third kappa shape index (κ3) is 4.54. The van der Waals surface area contributed by atoms with E-state index in [0.717, 1.165) is 5.56 Å². The predicted molar refractivity (Wildman–Crippen MR) is 123 cm³/mol. The second-order valence-corrected chi connectivity index (χ2v) is 6.71. The minimum absolute atomic E-state index is 0.00706. The summed E-state index contributed by atoms with van der Waals surface area (Å²) in [5.74, 6) is -0.399. The highest BCUT2D eigenvalue weighted by molar-refractivity contribution is 6.07. The third-order valence-corrected chi connectivity index (χ3v) is 4.65. The summed E-state index contributed by atoms with van der Waals surface area (Å²) in [7, 11) is 0. The zero-order valence-corrected chi connectivity index (χ0v) is 16.8. The lowest BCUT2D eigenvalue weighted by Crippen LogP contribution is -2.18. The molecule has 0 unspecified atom stereocenters. The van der Waals surface area contributed by atoms with Gasteiger partial charge in [-0.05, 0) is 42.5 Å². The molecule has 0 aliphatic carbocycles. The van der Waals surface area contributed by atoms with Crippen LogP contribution in [0, 0.1) is 10.1 Å². The molecule has 0 radical (unpaired) electrons. The van der Waals surface area contributed by atoms with Gasteiger partial charge in [0.2, 0.25) is 0 Å². The maximum absolute atomic E-state index is 12.8. The molecular weight excluding hydrogens is 406 g/mol. The maximum Gasteiger partial charge on any atom is 0.276 e. The number of rotatable bonds is 6. The number of fused-ring (bicyclic) bond motifs is 1. The molecule has 32 heavy (non-hydrogen) atoms. The standard InChI is InChI=1S/C24H17N5O3/c30-24(28-26-14-6-8-17-7-1-4-12-23(17)29(31)32)20-15-22(18-9-5-13-25-16-18)27-21-11-3-2-10-19(20)21/h1-16H,(H,28,30). The molecule has 0 atom stereocenters. The van der Waals surface area contributed by atoms with Crippen LogP contribution in [-0.2, 0) is 0 Å². The molecule has 0 fully saturated rings. The van der Waals surface area contributed by atoms with Crippen molar-refractivity contribution in [1.82, 2.24) is 15.4 Å². The molecule has 1 amide bonds. The number of hydrazone groups is 1. The maximum atomic E-state index is 12.8. The first kappa shape index (κ1) is 20.5. The lowest BCUT2D eigenvalue weighted by Gasteiger charge is -2.08. The summed E-state index contributed by atoms with van der Waals surface area (Å²) in [6.45, 7) is 0. The molecule has 8 nitrogen and oxygen atoms in total. The molecule has 2 aromatic heterocycles. The van der Waals surface area contributed by atoms with Gasteiger partial charge in [-0.25, -0.2) is 10.4 Å². The number of nitrogens with one attached hydrogen (secondary N) is 1. The van der Waals surface area contributed by atoms with E-state index in [0.29, 0.717) is 27.7 Å². The van der Waals surface area contributed by atoms with Crippen LogP contribution in [0.2, 0.25) is 0 Å². The Bertz CT molecular complexity index is 1350. The third-order valence-electron chi connectivity index (χ3n) is 4.65. The lowest BCUT2D eigenvalue weighted by atomic mass is 10.0. The number of amides is 1. The number of carbonyl (C=O) groups is 1. The highest BCUT2D eigenvalue weighted by atomic mass is 16.6. The van der Waals surface area contributed by atoms with E-state index in [-0.39, 0.29) is 5.69 Å². The summed E-state index contributed by atoms with van der Waals surface area (Å²) in [4.78, 5) is 32.2. The van der Waals surface area contributed by atoms with Crippen molar-refractivity contribution in [2.75, 3.05) is 0 Å². The fraction of sp³-hybridized carbons (Fsp3) is 0. The van der Waals surface area contributed by atoms with E-state index in [4.69, 9.17) is 0 Å². The van der Waals surface area contributed by atoms with Crippen LogP contribution in [0.3, 0.4) is 0 Å². The molecule has 0 aliphatic rings. The van der Waals surface area contributed by atoms with Crippen molar-refractivity contribution in [3.63, 3.8) is 0 Å². The van der Waals surface area contributed by atoms with Gasteiger partial charge in [0.05, 0.1) is 27.3 Å². The number of allylic oxidation sites excluding steroid dienone is 1. The van der Waals surface area contributed by atoms with Crippen LogP contribution >= 0.6 is 0 Å². The van der Waals surface area contributed by atoms with Gasteiger partial charge in [0.25, 0.3) is 11.6 Å². The number of benzene rings is 2. The first-order valence-corrected chi connectivity index (χ1v) is 9.67. The Balaban J connectivity index is 1.56. The second-order valence-electron chi connectivity index (χ2n) is 6.71. The number of nitro benzene ring substituents is 1. The smallest absolute Gasteiger partial charge is 0.267 e. The highest BCUT2D eigenvalue weighted by Crippen LogP contribution is 2.24. The van der Waals surface area contributed by atoms with Crippen molar-refractivity contribution in [3.05, 3.63) is 106 Å². The quantitative estimate of drug-likeness (QED) is 0.276. The van der Waals surface area contributed by atoms with Gasteiger partial charge in [0, 0.05) is 35.6 Å². The first-order chi connectivity index (χ1) is 15.6. The van der Waals surface area contributed by atoms with Crippen LogP contribution in [0.15, 0.2) is 90.3 Å². The molecule has 2 heterocycles. The molecule has 8 heteroatoms. The van der Waals surface area contributed by atoms with E-state index in [1.165, 1.54) is 18.4 Å². The Hall–Kier alpha value is -4.72. The second kappa shape index (κ2) is 9.40. The van der Waals surface area contributed by atoms with Gasteiger partial charge < -0.3 is 0 Å².